The summed E-state index contributed by atoms with van der Waals surface area (Å²) in [6.07, 6.45) is 4.19. The van der Waals surface area contributed by atoms with Gasteiger partial charge in [-0.3, -0.25) is 4.79 Å². The molecule has 0 aliphatic rings. The lowest BCUT2D eigenvalue weighted by Crippen LogP contribution is -1.91. The highest BCUT2D eigenvalue weighted by Gasteiger charge is 2.10. The Labute approximate surface area is 121 Å². The lowest BCUT2D eigenvalue weighted by atomic mass is 10.1. The van der Waals surface area contributed by atoms with Crippen molar-refractivity contribution in [2.45, 2.75) is 13.3 Å². The van der Waals surface area contributed by atoms with Gasteiger partial charge >= 0.3 is 5.97 Å². The van der Waals surface area contributed by atoms with Gasteiger partial charge in [-0.2, -0.15) is 0 Å². The number of carboxylic acid groups (broad SMARTS) is 1. The maximum atomic E-state index is 11.9. The molecule has 1 heterocycles. The van der Waals surface area contributed by atoms with Crippen molar-refractivity contribution in [3.8, 4) is 0 Å². The summed E-state index contributed by atoms with van der Waals surface area (Å²) >= 11 is 0.990. The number of benzene rings is 1. The van der Waals surface area contributed by atoms with E-state index in [0.29, 0.717) is 4.88 Å². The Kier molecular flexibility index (Phi) is 4.48. The molecule has 2 rings (SSSR count). The molecule has 0 spiro atoms. The molecule has 1 N–H and O–H groups in total. The van der Waals surface area contributed by atoms with Gasteiger partial charge in [-0.05, 0) is 35.8 Å². The smallest absolute Gasteiger partial charge is 0.345 e. The van der Waals surface area contributed by atoms with E-state index in [9.17, 15) is 9.59 Å². The van der Waals surface area contributed by atoms with Crippen LogP contribution in [0.5, 0.6) is 0 Å². The van der Waals surface area contributed by atoms with Crippen LogP contribution in [0.4, 0.5) is 0 Å². The van der Waals surface area contributed by atoms with E-state index in [4.69, 9.17) is 5.11 Å². The highest BCUT2D eigenvalue weighted by molar-refractivity contribution is 7.16. The summed E-state index contributed by atoms with van der Waals surface area (Å²) in [5.41, 5.74) is 2.20. The minimum atomic E-state index is -1.01. The van der Waals surface area contributed by atoms with E-state index >= 15 is 0 Å². The SMILES string of the molecule is CCc1ccc(/C=C/C(=O)c2ccc(C(=O)O)s2)cc1. The zero-order valence-corrected chi connectivity index (χ0v) is 11.8. The first-order valence-electron chi connectivity index (χ1n) is 6.24. The van der Waals surface area contributed by atoms with E-state index in [1.165, 1.54) is 17.7 Å². The van der Waals surface area contributed by atoms with Crippen LogP contribution in [-0.4, -0.2) is 16.9 Å². The van der Waals surface area contributed by atoms with Gasteiger partial charge in [0.2, 0.25) is 0 Å². The molecule has 0 atom stereocenters. The Morgan fingerprint density at radius 1 is 1.10 bits per heavy atom. The van der Waals surface area contributed by atoms with Gasteiger partial charge in [0.05, 0.1) is 4.88 Å². The molecular weight excluding hydrogens is 272 g/mol. The number of rotatable bonds is 5. The van der Waals surface area contributed by atoms with Crippen LogP contribution in [0, 0.1) is 0 Å². The van der Waals surface area contributed by atoms with Crippen molar-refractivity contribution < 1.29 is 14.7 Å². The summed E-state index contributed by atoms with van der Waals surface area (Å²) < 4.78 is 0. The fraction of sp³-hybridized carbons (Fsp3) is 0.125. The maximum Gasteiger partial charge on any atom is 0.345 e. The highest BCUT2D eigenvalue weighted by Crippen LogP contribution is 2.18. The van der Waals surface area contributed by atoms with Crippen LogP contribution in [-0.2, 0) is 6.42 Å². The predicted octanol–water partition coefficient (Wildman–Crippen LogP) is 3.90. The second kappa shape index (κ2) is 6.30. The molecule has 102 valence electrons. The third-order valence-electron chi connectivity index (χ3n) is 2.87. The molecule has 1 aromatic carbocycles. The van der Waals surface area contributed by atoms with E-state index in [2.05, 4.69) is 6.92 Å². The molecule has 0 radical (unpaired) electrons. The monoisotopic (exact) mass is 286 g/mol. The summed E-state index contributed by atoms with van der Waals surface area (Å²) in [4.78, 5) is 23.3. The van der Waals surface area contributed by atoms with E-state index in [1.54, 1.807) is 12.1 Å². The Bertz CT molecular complexity index is 651. The molecule has 0 amide bonds. The van der Waals surface area contributed by atoms with E-state index in [-0.39, 0.29) is 10.7 Å². The van der Waals surface area contributed by atoms with Gasteiger partial charge in [0, 0.05) is 0 Å². The van der Waals surface area contributed by atoms with Crippen LogP contribution < -0.4 is 0 Å². The van der Waals surface area contributed by atoms with Crippen molar-refractivity contribution >= 4 is 29.2 Å². The van der Waals surface area contributed by atoms with Crippen LogP contribution in [0.25, 0.3) is 6.08 Å². The standard InChI is InChI=1S/C16H14O3S/c1-2-11-3-5-12(6-4-11)7-8-13(17)14-9-10-15(20-14)16(18)19/h3-10H,2H2,1H3,(H,18,19)/b8-7+. The summed E-state index contributed by atoms with van der Waals surface area (Å²) in [7, 11) is 0. The number of hydrogen-bond donors (Lipinski definition) is 1. The fourth-order valence-electron chi connectivity index (χ4n) is 1.70. The van der Waals surface area contributed by atoms with Gasteiger partial charge in [-0.1, -0.05) is 37.3 Å². The molecule has 1 aromatic heterocycles. The molecule has 0 fully saturated rings. The van der Waals surface area contributed by atoms with Gasteiger partial charge in [-0.15, -0.1) is 11.3 Å². The minimum Gasteiger partial charge on any atom is -0.477 e. The van der Waals surface area contributed by atoms with Crippen molar-refractivity contribution in [2.75, 3.05) is 0 Å². The zero-order chi connectivity index (χ0) is 14.5. The third kappa shape index (κ3) is 3.42. The average Bonchev–Trinajstić information content (AvgIpc) is 2.95. The van der Waals surface area contributed by atoms with Crippen molar-refractivity contribution in [2.24, 2.45) is 0 Å². The highest BCUT2D eigenvalue weighted by atomic mass is 32.1. The van der Waals surface area contributed by atoms with Crippen LogP contribution in [0.3, 0.4) is 0 Å². The number of carbonyl (C=O) groups excluding carboxylic acids is 1. The molecule has 4 heteroatoms. The fourth-order valence-corrected chi connectivity index (χ4v) is 2.47. The summed E-state index contributed by atoms with van der Waals surface area (Å²) in [5, 5.41) is 8.82. The Hall–Kier alpha value is -2.20. The molecule has 0 bridgehead atoms. The number of thiophene rings is 1. The number of ketones is 1. The number of aromatic carboxylic acids is 1. The van der Waals surface area contributed by atoms with E-state index in [1.807, 2.05) is 24.3 Å². The van der Waals surface area contributed by atoms with E-state index < -0.39 is 5.97 Å². The second-order valence-corrected chi connectivity index (χ2v) is 5.35. The molecule has 20 heavy (non-hydrogen) atoms. The molecule has 3 nitrogen and oxygen atoms in total. The van der Waals surface area contributed by atoms with Crippen molar-refractivity contribution in [3.05, 3.63) is 63.4 Å². The molecular formula is C16H14O3S. The van der Waals surface area contributed by atoms with Crippen LogP contribution in [0.15, 0.2) is 42.5 Å². The lowest BCUT2D eigenvalue weighted by Gasteiger charge is -1.97. The number of carboxylic acids is 1. The summed E-state index contributed by atoms with van der Waals surface area (Å²) in [5.74, 6) is -1.18. The molecule has 0 saturated carbocycles. The summed E-state index contributed by atoms with van der Waals surface area (Å²) in [6, 6.07) is 11.0. The number of aryl methyl sites for hydroxylation is 1. The Morgan fingerprint density at radius 2 is 1.75 bits per heavy atom. The Balaban J connectivity index is 2.09. The first kappa shape index (κ1) is 14.2. The van der Waals surface area contributed by atoms with Gasteiger partial charge < -0.3 is 5.11 Å². The van der Waals surface area contributed by atoms with Gasteiger partial charge in [0.25, 0.3) is 0 Å². The maximum absolute atomic E-state index is 11.9. The quantitative estimate of drug-likeness (QED) is 0.670. The topological polar surface area (TPSA) is 54.4 Å². The first-order valence-corrected chi connectivity index (χ1v) is 7.06. The molecule has 0 aliphatic carbocycles. The van der Waals surface area contributed by atoms with Crippen LogP contribution in [0.1, 0.15) is 37.4 Å². The van der Waals surface area contributed by atoms with Gasteiger partial charge in [0.15, 0.2) is 5.78 Å². The second-order valence-electron chi connectivity index (χ2n) is 4.26. The largest absolute Gasteiger partial charge is 0.477 e. The number of allylic oxidation sites excluding steroid dienone is 1. The molecule has 0 unspecified atom stereocenters. The number of hydrogen-bond acceptors (Lipinski definition) is 3. The van der Waals surface area contributed by atoms with Crippen molar-refractivity contribution in [1.29, 1.82) is 0 Å². The average molecular weight is 286 g/mol. The Morgan fingerprint density at radius 3 is 2.30 bits per heavy atom. The first-order chi connectivity index (χ1) is 9.60. The molecule has 0 aliphatic heterocycles. The van der Waals surface area contributed by atoms with Crippen molar-refractivity contribution in [1.82, 2.24) is 0 Å². The molecule has 2 aromatic rings. The molecule has 0 saturated heterocycles. The normalized spacial score (nSPS) is 10.8. The van der Waals surface area contributed by atoms with Crippen LogP contribution in [0.2, 0.25) is 0 Å². The predicted molar refractivity (Wildman–Crippen MR) is 80.5 cm³/mol. The zero-order valence-electron chi connectivity index (χ0n) is 11.0. The van der Waals surface area contributed by atoms with Gasteiger partial charge in [0.1, 0.15) is 4.88 Å². The lowest BCUT2D eigenvalue weighted by molar-refractivity contribution is 0.0702. The third-order valence-corrected chi connectivity index (χ3v) is 3.96. The van der Waals surface area contributed by atoms with E-state index in [0.717, 1.165) is 23.3 Å². The minimum absolute atomic E-state index is 0.175. The number of carbonyl (C=O) groups is 2. The van der Waals surface area contributed by atoms with Gasteiger partial charge in [-0.25, -0.2) is 4.79 Å². The van der Waals surface area contributed by atoms with Crippen LogP contribution >= 0.6 is 11.3 Å². The van der Waals surface area contributed by atoms with Crippen molar-refractivity contribution in [3.63, 3.8) is 0 Å². The summed E-state index contributed by atoms with van der Waals surface area (Å²) in [6.45, 7) is 2.09.